The molecule has 1 rings (SSSR count). The number of terminal acetylenes is 1. The Bertz CT molecular complexity index is 377. The summed E-state index contributed by atoms with van der Waals surface area (Å²) < 4.78 is 1.69. The van der Waals surface area contributed by atoms with Gasteiger partial charge in [0.15, 0.2) is 5.78 Å². The third-order valence-electron chi connectivity index (χ3n) is 1.49. The van der Waals surface area contributed by atoms with Gasteiger partial charge in [0.1, 0.15) is 0 Å². The molecule has 3 heteroatoms. The predicted octanol–water partition coefficient (Wildman–Crippen LogP) is 3.42. The molecule has 0 saturated heterocycles. The lowest BCUT2D eigenvalue weighted by Gasteiger charge is -2.00. The highest BCUT2D eigenvalue weighted by Crippen LogP contribution is 2.22. The Kier molecular flexibility index (Phi) is 3.71. The van der Waals surface area contributed by atoms with E-state index in [1.165, 1.54) is 0 Å². The van der Waals surface area contributed by atoms with E-state index in [1.807, 2.05) is 12.1 Å². The highest BCUT2D eigenvalue weighted by atomic mass is 79.9. The normalized spacial score (nSPS) is 9.31. The van der Waals surface area contributed by atoms with Crippen molar-refractivity contribution in [3.05, 3.63) is 32.7 Å². The molecule has 0 atom stereocenters. The van der Waals surface area contributed by atoms with Crippen LogP contribution in [0.25, 0.3) is 0 Å². The van der Waals surface area contributed by atoms with Crippen molar-refractivity contribution in [3.8, 4) is 12.3 Å². The smallest absolute Gasteiger partial charge is 0.175 e. The van der Waals surface area contributed by atoms with Crippen LogP contribution in [-0.2, 0) is 0 Å². The summed E-state index contributed by atoms with van der Waals surface area (Å²) in [6.45, 7) is 0. The Hall–Kier alpha value is -0.590. The van der Waals surface area contributed by atoms with Gasteiger partial charge in [-0.05, 0) is 18.2 Å². The monoisotopic (exact) mass is 300 g/mol. The molecule has 0 heterocycles. The van der Waals surface area contributed by atoms with Crippen molar-refractivity contribution in [1.29, 1.82) is 0 Å². The van der Waals surface area contributed by atoms with Crippen LogP contribution in [0.1, 0.15) is 16.8 Å². The van der Waals surface area contributed by atoms with Gasteiger partial charge in [-0.2, -0.15) is 0 Å². The maximum atomic E-state index is 11.4. The largest absolute Gasteiger partial charge is 0.293 e. The van der Waals surface area contributed by atoms with Crippen molar-refractivity contribution in [1.82, 2.24) is 0 Å². The van der Waals surface area contributed by atoms with Gasteiger partial charge >= 0.3 is 0 Å². The van der Waals surface area contributed by atoms with Crippen molar-refractivity contribution in [3.63, 3.8) is 0 Å². The van der Waals surface area contributed by atoms with Crippen LogP contribution in [0, 0.1) is 12.3 Å². The first-order chi connectivity index (χ1) is 6.15. The number of rotatable bonds is 2. The van der Waals surface area contributed by atoms with E-state index in [1.54, 1.807) is 6.07 Å². The number of halogens is 2. The first-order valence-electron chi connectivity index (χ1n) is 3.57. The molecular weight excluding hydrogens is 296 g/mol. The second-order valence-electron chi connectivity index (χ2n) is 2.43. The minimum absolute atomic E-state index is 0.0399. The maximum Gasteiger partial charge on any atom is 0.175 e. The second-order valence-corrected chi connectivity index (χ2v) is 4.20. The van der Waals surface area contributed by atoms with E-state index >= 15 is 0 Å². The summed E-state index contributed by atoms with van der Waals surface area (Å²) in [5.41, 5.74) is 0.626. The van der Waals surface area contributed by atoms with Gasteiger partial charge < -0.3 is 0 Å². The van der Waals surface area contributed by atoms with E-state index in [0.717, 1.165) is 8.95 Å². The lowest BCUT2D eigenvalue weighted by atomic mass is 10.1. The highest BCUT2D eigenvalue weighted by molar-refractivity contribution is 9.11. The second kappa shape index (κ2) is 4.59. The van der Waals surface area contributed by atoms with Crippen molar-refractivity contribution < 1.29 is 4.79 Å². The molecular formula is C10H6Br2O. The van der Waals surface area contributed by atoms with Crippen molar-refractivity contribution in [2.45, 2.75) is 6.42 Å². The number of ketones is 1. The number of hydrogen-bond donors (Lipinski definition) is 0. The number of carbonyl (C=O) groups is 1. The first kappa shape index (κ1) is 10.5. The number of benzene rings is 1. The Balaban J connectivity index is 3.03. The summed E-state index contributed by atoms with van der Waals surface area (Å²) in [6, 6.07) is 5.38. The lowest BCUT2D eigenvalue weighted by Crippen LogP contribution is -1.98. The fourth-order valence-electron chi connectivity index (χ4n) is 0.904. The van der Waals surface area contributed by atoms with Gasteiger partial charge in [-0.15, -0.1) is 6.42 Å². The van der Waals surface area contributed by atoms with Crippen LogP contribution < -0.4 is 0 Å². The molecule has 1 aromatic rings. The molecule has 0 amide bonds. The third-order valence-corrected chi connectivity index (χ3v) is 2.64. The van der Waals surface area contributed by atoms with E-state index in [-0.39, 0.29) is 12.2 Å². The fourth-order valence-corrected chi connectivity index (χ4v) is 2.17. The summed E-state index contributed by atoms with van der Waals surface area (Å²) in [4.78, 5) is 11.4. The van der Waals surface area contributed by atoms with Gasteiger partial charge in [-0.1, -0.05) is 37.8 Å². The SMILES string of the molecule is C#CCC(=O)c1ccc(Br)cc1Br. The van der Waals surface area contributed by atoms with Crippen LogP contribution in [-0.4, -0.2) is 5.78 Å². The topological polar surface area (TPSA) is 17.1 Å². The molecule has 1 aromatic carbocycles. The quantitative estimate of drug-likeness (QED) is 0.604. The van der Waals surface area contributed by atoms with Crippen LogP contribution in [0.3, 0.4) is 0 Å². The summed E-state index contributed by atoms with van der Waals surface area (Å²) in [5.74, 6) is 2.29. The average molecular weight is 302 g/mol. The van der Waals surface area contributed by atoms with Gasteiger partial charge in [-0.25, -0.2) is 0 Å². The maximum absolute atomic E-state index is 11.4. The zero-order valence-corrected chi connectivity index (χ0v) is 9.85. The van der Waals surface area contributed by atoms with Crippen LogP contribution in [0.5, 0.6) is 0 Å². The Morgan fingerprint density at radius 3 is 2.69 bits per heavy atom. The van der Waals surface area contributed by atoms with Crippen molar-refractivity contribution in [2.75, 3.05) is 0 Å². The van der Waals surface area contributed by atoms with E-state index in [4.69, 9.17) is 6.42 Å². The minimum Gasteiger partial charge on any atom is -0.293 e. The van der Waals surface area contributed by atoms with Gasteiger partial charge in [0.25, 0.3) is 0 Å². The molecule has 0 spiro atoms. The minimum atomic E-state index is -0.0399. The molecule has 0 aromatic heterocycles. The molecule has 0 saturated carbocycles. The van der Waals surface area contributed by atoms with Gasteiger partial charge in [0, 0.05) is 14.5 Å². The number of Topliss-reactive ketones (excluding diaryl/α,β-unsaturated/α-hetero) is 1. The zero-order chi connectivity index (χ0) is 9.84. The molecule has 0 radical (unpaired) electrons. The third kappa shape index (κ3) is 2.68. The van der Waals surface area contributed by atoms with Crippen LogP contribution in [0.4, 0.5) is 0 Å². The standard InChI is InChI=1S/C10H6Br2O/c1-2-3-10(13)8-5-4-7(11)6-9(8)12/h1,4-6H,3H2. The zero-order valence-electron chi connectivity index (χ0n) is 6.68. The first-order valence-corrected chi connectivity index (χ1v) is 5.15. The lowest BCUT2D eigenvalue weighted by molar-refractivity contribution is 0.0997. The van der Waals surface area contributed by atoms with Crippen molar-refractivity contribution >= 4 is 37.6 Å². The van der Waals surface area contributed by atoms with E-state index in [9.17, 15) is 4.79 Å². The molecule has 0 unspecified atom stereocenters. The average Bonchev–Trinajstić information content (AvgIpc) is 2.04. The number of hydrogen-bond acceptors (Lipinski definition) is 1. The Morgan fingerprint density at radius 2 is 2.15 bits per heavy atom. The highest BCUT2D eigenvalue weighted by Gasteiger charge is 2.08. The summed E-state index contributed by atoms with van der Waals surface area (Å²) >= 11 is 6.60. The summed E-state index contributed by atoms with van der Waals surface area (Å²) in [5, 5.41) is 0. The fraction of sp³-hybridized carbons (Fsp3) is 0.100. The van der Waals surface area contributed by atoms with Gasteiger partial charge in [0.2, 0.25) is 0 Å². The molecule has 0 aliphatic heterocycles. The van der Waals surface area contributed by atoms with E-state index in [2.05, 4.69) is 37.8 Å². The van der Waals surface area contributed by atoms with Crippen LogP contribution in [0.15, 0.2) is 27.1 Å². The molecule has 0 fully saturated rings. The van der Waals surface area contributed by atoms with E-state index in [0.29, 0.717) is 5.56 Å². The van der Waals surface area contributed by atoms with Gasteiger partial charge in [0.05, 0.1) is 6.42 Å². The summed E-state index contributed by atoms with van der Waals surface area (Å²) in [6.07, 6.45) is 5.19. The van der Waals surface area contributed by atoms with Crippen LogP contribution in [0.2, 0.25) is 0 Å². The Labute approximate surface area is 93.8 Å². The van der Waals surface area contributed by atoms with Crippen molar-refractivity contribution in [2.24, 2.45) is 0 Å². The molecule has 0 aliphatic carbocycles. The van der Waals surface area contributed by atoms with Crippen LogP contribution >= 0.6 is 31.9 Å². The molecule has 13 heavy (non-hydrogen) atoms. The predicted molar refractivity (Wildman–Crippen MR) is 59.6 cm³/mol. The molecule has 0 N–H and O–H groups in total. The molecule has 1 nitrogen and oxygen atoms in total. The molecule has 0 aliphatic rings. The molecule has 0 bridgehead atoms. The Morgan fingerprint density at radius 1 is 1.46 bits per heavy atom. The van der Waals surface area contributed by atoms with Gasteiger partial charge in [-0.3, -0.25) is 4.79 Å². The molecule has 66 valence electrons. The summed E-state index contributed by atoms with van der Waals surface area (Å²) in [7, 11) is 0. The number of carbonyl (C=O) groups excluding carboxylic acids is 1. The van der Waals surface area contributed by atoms with E-state index < -0.39 is 0 Å².